The molecule has 1 fully saturated rings. The number of nitrogens with zero attached hydrogens (tertiary/aromatic N) is 5. The lowest BCUT2D eigenvalue weighted by Gasteiger charge is -2.33. The van der Waals surface area contributed by atoms with Crippen LogP contribution in [-0.2, 0) is 10.0 Å². The molecule has 3 aliphatic rings. The van der Waals surface area contributed by atoms with Crippen LogP contribution in [0.1, 0.15) is 10.4 Å². The summed E-state index contributed by atoms with van der Waals surface area (Å²) in [6.07, 6.45) is 1.67. The van der Waals surface area contributed by atoms with Crippen LogP contribution in [0.3, 0.4) is 0 Å². The molecule has 2 aromatic rings. The molecule has 0 unspecified atom stereocenters. The minimum Gasteiger partial charge on any atom is -0.354 e. The monoisotopic (exact) mass is 458 g/mol. The predicted molar refractivity (Wildman–Crippen MR) is 123 cm³/mol. The van der Waals surface area contributed by atoms with Crippen LogP contribution in [-0.4, -0.2) is 74.9 Å². The second-order valence-electron chi connectivity index (χ2n) is 7.75. The Hall–Kier alpha value is -2.63. The molecule has 162 valence electrons. The number of thioether (sulfide) groups is 1. The summed E-state index contributed by atoms with van der Waals surface area (Å²) in [7, 11) is -1.29. The third kappa shape index (κ3) is 4.12. The van der Waals surface area contributed by atoms with E-state index in [1.54, 1.807) is 18.3 Å². The Labute approximate surface area is 185 Å². The molecule has 31 heavy (non-hydrogen) atoms. The van der Waals surface area contributed by atoms with Gasteiger partial charge in [-0.2, -0.15) is 0 Å². The second-order valence-corrected chi connectivity index (χ2v) is 10.5. The molecule has 4 heterocycles. The minimum atomic E-state index is -3.40. The molecule has 9 nitrogen and oxygen atoms in total. The molecule has 1 aromatic carbocycles. The fourth-order valence-electron chi connectivity index (χ4n) is 3.76. The van der Waals surface area contributed by atoms with Crippen molar-refractivity contribution in [2.45, 2.75) is 4.90 Å². The number of aromatic nitrogens is 1. The van der Waals surface area contributed by atoms with Crippen molar-refractivity contribution < 1.29 is 13.2 Å². The molecular weight excluding hydrogens is 436 g/mol. The number of benzene rings is 1. The average Bonchev–Trinajstić information content (AvgIpc) is 3.10. The predicted octanol–water partition coefficient (Wildman–Crippen LogP) is 1.70. The number of carbonyl (C=O) groups excluding carboxylic acids is 1. The van der Waals surface area contributed by atoms with Crippen LogP contribution in [0.15, 0.2) is 45.8 Å². The SMILES string of the molecule is CN1CCN(c2ccc(NC(=O)c3ccc4c(c3)SC3=NS(=O)(=O)CCN34)cn2)CC1. The number of amides is 1. The van der Waals surface area contributed by atoms with Gasteiger partial charge in [-0.1, -0.05) is 0 Å². The molecule has 3 aliphatic heterocycles. The lowest BCUT2D eigenvalue weighted by molar-refractivity contribution is 0.102. The molecule has 0 saturated carbocycles. The number of nitrogens with one attached hydrogen (secondary N) is 1. The average molecular weight is 459 g/mol. The van der Waals surface area contributed by atoms with Crippen molar-refractivity contribution in [3.63, 3.8) is 0 Å². The zero-order chi connectivity index (χ0) is 21.6. The highest BCUT2D eigenvalue weighted by atomic mass is 32.2. The Balaban J connectivity index is 1.28. The molecular formula is C20H22N6O3S2. The zero-order valence-electron chi connectivity index (χ0n) is 17.0. The van der Waals surface area contributed by atoms with Gasteiger partial charge in [-0.05, 0) is 49.1 Å². The van der Waals surface area contributed by atoms with Crippen molar-refractivity contribution in [2.24, 2.45) is 4.40 Å². The van der Waals surface area contributed by atoms with Crippen LogP contribution in [0.2, 0.25) is 0 Å². The summed E-state index contributed by atoms with van der Waals surface area (Å²) < 4.78 is 27.4. The topological polar surface area (TPSA) is 98.2 Å². The van der Waals surface area contributed by atoms with E-state index in [9.17, 15) is 13.2 Å². The van der Waals surface area contributed by atoms with Crippen LogP contribution >= 0.6 is 11.8 Å². The van der Waals surface area contributed by atoms with E-state index in [4.69, 9.17) is 0 Å². The van der Waals surface area contributed by atoms with Crippen LogP contribution in [0.25, 0.3) is 0 Å². The molecule has 0 radical (unpaired) electrons. The highest BCUT2D eigenvalue weighted by Gasteiger charge is 2.33. The Bertz CT molecular complexity index is 1160. The maximum atomic E-state index is 12.8. The van der Waals surface area contributed by atoms with Gasteiger partial charge in [0.15, 0.2) is 5.17 Å². The van der Waals surface area contributed by atoms with Gasteiger partial charge in [-0.25, -0.2) is 13.4 Å². The number of hydrogen-bond donors (Lipinski definition) is 1. The maximum absolute atomic E-state index is 12.8. The van der Waals surface area contributed by atoms with Gasteiger partial charge >= 0.3 is 0 Å². The van der Waals surface area contributed by atoms with Crippen molar-refractivity contribution in [3.05, 3.63) is 42.1 Å². The molecule has 5 rings (SSSR count). The van der Waals surface area contributed by atoms with E-state index in [1.807, 2.05) is 23.1 Å². The van der Waals surface area contributed by atoms with Gasteiger partial charge < -0.3 is 20.0 Å². The van der Waals surface area contributed by atoms with E-state index in [0.29, 0.717) is 23.0 Å². The first-order chi connectivity index (χ1) is 14.9. The number of piperazine rings is 1. The normalized spacial score (nSPS) is 20.1. The third-order valence-electron chi connectivity index (χ3n) is 5.57. The number of amidine groups is 1. The number of rotatable bonds is 3. The largest absolute Gasteiger partial charge is 0.354 e. The molecule has 0 aliphatic carbocycles. The number of pyridine rings is 1. The summed E-state index contributed by atoms with van der Waals surface area (Å²) in [6, 6.07) is 9.14. The molecule has 1 amide bonds. The van der Waals surface area contributed by atoms with Gasteiger partial charge in [0.25, 0.3) is 15.9 Å². The molecule has 1 aromatic heterocycles. The fourth-order valence-corrected chi connectivity index (χ4v) is 6.05. The van der Waals surface area contributed by atoms with Gasteiger partial charge in [-0.15, -0.1) is 4.40 Å². The Morgan fingerprint density at radius 1 is 1.10 bits per heavy atom. The molecule has 1 N–H and O–H groups in total. The van der Waals surface area contributed by atoms with E-state index in [-0.39, 0.29) is 11.7 Å². The number of carbonyl (C=O) groups is 1. The van der Waals surface area contributed by atoms with E-state index in [0.717, 1.165) is 42.6 Å². The first-order valence-corrected chi connectivity index (χ1v) is 12.4. The Morgan fingerprint density at radius 2 is 1.90 bits per heavy atom. The number of anilines is 3. The Kier molecular flexibility index (Phi) is 5.11. The van der Waals surface area contributed by atoms with Crippen LogP contribution < -0.4 is 15.1 Å². The van der Waals surface area contributed by atoms with Crippen molar-refractivity contribution in [1.29, 1.82) is 0 Å². The summed E-state index contributed by atoms with van der Waals surface area (Å²) in [5, 5.41) is 3.33. The molecule has 0 atom stereocenters. The highest BCUT2D eigenvalue weighted by Crippen LogP contribution is 2.42. The third-order valence-corrected chi connectivity index (χ3v) is 7.87. The van der Waals surface area contributed by atoms with Crippen molar-refractivity contribution >= 4 is 50.1 Å². The first-order valence-electron chi connectivity index (χ1n) is 10.0. The van der Waals surface area contributed by atoms with E-state index in [2.05, 4.69) is 31.5 Å². The lowest BCUT2D eigenvalue weighted by Crippen LogP contribution is -2.44. The summed E-state index contributed by atoms with van der Waals surface area (Å²) in [5.74, 6) is 0.667. The lowest BCUT2D eigenvalue weighted by atomic mass is 10.1. The molecule has 1 saturated heterocycles. The summed E-state index contributed by atoms with van der Waals surface area (Å²) in [5.41, 5.74) is 2.01. The van der Waals surface area contributed by atoms with E-state index in [1.165, 1.54) is 11.8 Å². The summed E-state index contributed by atoms with van der Waals surface area (Å²) in [6.45, 7) is 4.26. The Morgan fingerprint density at radius 3 is 2.65 bits per heavy atom. The molecule has 0 bridgehead atoms. The van der Waals surface area contributed by atoms with Crippen molar-refractivity contribution in [3.8, 4) is 0 Å². The van der Waals surface area contributed by atoms with Crippen LogP contribution in [0, 0.1) is 0 Å². The number of hydrogen-bond acceptors (Lipinski definition) is 8. The van der Waals surface area contributed by atoms with E-state index >= 15 is 0 Å². The quantitative estimate of drug-likeness (QED) is 0.742. The highest BCUT2D eigenvalue weighted by molar-refractivity contribution is 8.15. The van der Waals surface area contributed by atoms with Gasteiger partial charge in [0.05, 0.1) is 23.3 Å². The van der Waals surface area contributed by atoms with Crippen molar-refractivity contribution in [2.75, 3.05) is 60.6 Å². The van der Waals surface area contributed by atoms with Gasteiger partial charge in [0.1, 0.15) is 5.82 Å². The van der Waals surface area contributed by atoms with Crippen LogP contribution in [0.5, 0.6) is 0 Å². The van der Waals surface area contributed by atoms with E-state index < -0.39 is 10.0 Å². The van der Waals surface area contributed by atoms with Gasteiger partial charge in [-0.3, -0.25) is 4.79 Å². The summed E-state index contributed by atoms with van der Waals surface area (Å²) in [4.78, 5) is 24.5. The maximum Gasteiger partial charge on any atom is 0.257 e. The number of fused-ring (bicyclic) bond motifs is 3. The molecule has 0 spiro atoms. The number of likely N-dealkylation sites (N-methyl/N-ethyl adjacent to an activating group) is 1. The fraction of sp³-hybridized carbons (Fsp3) is 0.350. The van der Waals surface area contributed by atoms with Gasteiger partial charge in [0.2, 0.25) is 0 Å². The molecule has 11 heteroatoms. The standard InChI is InChI=1S/C20H22N6O3S2/c1-24-6-8-25(9-7-24)18-5-3-15(13-21-18)22-19(27)14-2-4-16-17(12-14)30-20-23-31(28,29)11-10-26(16)20/h2-5,12-13H,6-11H2,1H3,(H,22,27). The first kappa shape index (κ1) is 20.3. The van der Waals surface area contributed by atoms with Crippen molar-refractivity contribution in [1.82, 2.24) is 9.88 Å². The summed E-state index contributed by atoms with van der Waals surface area (Å²) >= 11 is 1.27. The van der Waals surface area contributed by atoms with Crippen LogP contribution in [0.4, 0.5) is 17.2 Å². The zero-order valence-corrected chi connectivity index (χ0v) is 18.6. The second kappa shape index (κ2) is 7.81. The smallest absolute Gasteiger partial charge is 0.257 e. The van der Waals surface area contributed by atoms with Gasteiger partial charge in [0, 0.05) is 43.2 Å². The minimum absolute atomic E-state index is 0.00411. The number of sulfonamides is 1.